The second-order valence-corrected chi connectivity index (χ2v) is 4.97. The third-order valence-corrected chi connectivity index (χ3v) is 3.95. The monoisotopic (exact) mass is 184 g/mol. The molecular formula is C11H20O2. The summed E-state index contributed by atoms with van der Waals surface area (Å²) in [6.45, 7) is 8.76. The van der Waals surface area contributed by atoms with Crippen molar-refractivity contribution in [3.8, 4) is 0 Å². The fourth-order valence-corrected chi connectivity index (χ4v) is 2.53. The standard InChI is InChI=1S/C11H20O2/c1-4-11(2,3)9-7-13-10-8(9)5-6-12-10/h8-10H,4-7H2,1-3H3/t8-,9-,10+/m1/s1. The summed E-state index contributed by atoms with van der Waals surface area (Å²) >= 11 is 0. The van der Waals surface area contributed by atoms with Crippen molar-refractivity contribution in [1.82, 2.24) is 0 Å². The summed E-state index contributed by atoms with van der Waals surface area (Å²) in [5.41, 5.74) is 0.410. The Bertz CT molecular complexity index is 189. The second kappa shape index (κ2) is 3.25. The molecule has 0 amide bonds. The summed E-state index contributed by atoms with van der Waals surface area (Å²) in [5.74, 6) is 1.36. The van der Waals surface area contributed by atoms with Crippen LogP contribution in [0.15, 0.2) is 0 Å². The van der Waals surface area contributed by atoms with E-state index in [9.17, 15) is 0 Å². The van der Waals surface area contributed by atoms with Gasteiger partial charge in [0.15, 0.2) is 6.29 Å². The van der Waals surface area contributed by atoms with Crippen molar-refractivity contribution < 1.29 is 9.47 Å². The fraction of sp³-hybridized carbons (Fsp3) is 1.00. The van der Waals surface area contributed by atoms with Crippen LogP contribution < -0.4 is 0 Å². The van der Waals surface area contributed by atoms with Crippen molar-refractivity contribution in [2.24, 2.45) is 17.3 Å². The Morgan fingerprint density at radius 1 is 1.31 bits per heavy atom. The zero-order valence-electron chi connectivity index (χ0n) is 8.88. The molecule has 3 atom stereocenters. The van der Waals surface area contributed by atoms with E-state index in [1.165, 1.54) is 12.8 Å². The molecule has 2 aliphatic heterocycles. The van der Waals surface area contributed by atoms with Gasteiger partial charge in [0.2, 0.25) is 0 Å². The predicted octanol–water partition coefficient (Wildman–Crippen LogP) is 2.43. The van der Waals surface area contributed by atoms with Crippen LogP contribution in [-0.2, 0) is 9.47 Å². The van der Waals surface area contributed by atoms with Crippen molar-refractivity contribution >= 4 is 0 Å². The number of hydrogen-bond donors (Lipinski definition) is 0. The van der Waals surface area contributed by atoms with Gasteiger partial charge >= 0.3 is 0 Å². The average molecular weight is 184 g/mol. The molecule has 13 heavy (non-hydrogen) atoms. The maximum absolute atomic E-state index is 5.66. The molecule has 2 saturated heterocycles. The Morgan fingerprint density at radius 3 is 2.77 bits per heavy atom. The number of ether oxygens (including phenoxy) is 2. The van der Waals surface area contributed by atoms with Crippen LogP contribution in [0, 0.1) is 17.3 Å². The van der Waals surface area contributed by atoms with Crippen molar-refractivity contribution in [2.75, 3.05) is 13.2 Å². The van der Waals surface area contributed by atoms with Crippen LogP contribution in [0.4, 0.5) is 0 Å². The Kier molecular flexibility index (Phi) is 2.37. The van der Waals surface area contributed by atoms with E-state index in [1.54, 1.807) is 0 Å². The van der Waals surface area contributed by atoms with Gasteiger partial charge in [-0.15, -0.1) is 0 Å². The summed E-state index contributed by atoms with van der Waals surface area (Å²) < 4.78 is 11.2. The van der Waals surface area contributed by atoms with Crippen LogP contribution in [0.1, 0.15) is 33.6 Å². The summed E-state index contributed by atoms with van der Waals surface area (Å²) in [4.78, 5) is 0. The molecule has 2 heterocycles. The number of fused-ring (bicyclic) bond motifs is 1. The molecule has 2 rings (SSSR count). The molecule has 0 aromatic carbocycles. The lowest BCUT2D eigenvalue weighted by Crippen LogP contribution is -2.29. The maximum Gasteiger partial charge on any atom is 0.160 e. The zero-order valence-corrected chi connectivity index (χ0v) is 8.88. The Morgan fingerprint density at radius 2 is 2.08 bits per heavy atom. The van der Waals surface area contributed by atoms with E-state index in [-0.39, 0.29) is 6.29 Å². The topological polar surface area (TPSA) is 18.5 Å². The van der Waals surface area contributed by atoms with Crippen LogP contribution in [-0.4, -0.2) is 19.5 Å². The normalized spacial score (nSPS) is 39.5. The third kappa shape index (κ3) is 1.50. The Balaban J connectivity index is 2.08. The van der Waals surface area contributed by atoms with E-state index in [2.05, 4.69) is 20.8 Å². The summed E-state index contributed by atoms with van der Waals surface area (Å²) in [6.07, 6.45) is 2.54. The van der Waals surface area contributed by atoms with E-state index >= 15 is 0 Å². The van der Waals surface area contributed by atoms with E-state index in [1.807, 2.05) is 0 Å². The van der Waals surface area contributed by atoms with Gasteiger partial charge in [-0.1, -0.05) is 27.2 Å². The van der Waals surface area contributed by atoms with Gasteiger partial charge in [0.25, 0.3) is 0 Å². The van der Waals surface area contributed by atoms with Crippen molar-refractivity contribution in [3.63, 3.8) is 0 Å². The Labute approximate surface area is 80.6 Å². The molecule has 76 valence electrons. The molecule has 0 aromatic rings. The first-order valence-electron chi connectivity index (χ1n) is 5.38. The highest BCUT2D eigenvalue weighted by molar-refractivity contribution is 4.90. The minimum absolute atomic E-state index is 0.121. The lowest BCUT2D eigenvalue weighted by Gasteiger charge is -2.32. The highest BCUT2D eigenvalue weighted by atomic mass is 16.7. The van der Waals surface area contributed by atoms with Gasteiger partial charge in [-0.05, 0) is 17.8 Å². The predicted molar refractivity (Wildman–Crippen MR) is 51.4 cm³/mol. The molecule has 0 radical (unpaired) electrons. The molecule has 0 N–H and O–H groups in total. The molecule has 0 bridgehead atoms. The van der Waals surface area contributed by atoms with E-state index in [0.717, 1.165) is 13.2 Å². The molecule has 2 fully saturated rings. The summed E-state index contributed by atoms with van der Waals surface area (Å²) in [7, 11) is 0. The zero-order chi connectivity index (χ0) is 9.47. The molecule has 2 heteroatoms. The minimum Gasteiger partial charge on any atom is -0.352 e. The van der Waals surface area contributed by atoms with Crippen molar-refractivity contribution in [3.05, 3.63) is 0 Å². The first kappa shape index (κ1) is 9.47. The van der Waals surface area contributed by atoms with Gasteiger partial charge in [0.1, 0.15) is 0 Å². The minimum atomic E-state index is 0.121. The average Bonchev–Trinajstić information content (AvgIpc) is 2.62. The van der Waals surface area contributed by atoms with Gasteiger partial charge in [0.05, 0.1) is 13.2 Å². The maximum atomic E-state index is 5.66. The lowest BCUT2D eigenvalue weighted by molar-refractivity contribution is -0.0906. The fourth-order valence-electron chi connectivity index (χ4n) is 2.53. The van der Waals surface area contributed by atoms with Crippen LogP contribution >= 0.6 is 0 Å². The molecule has 0 unspecified atom stereocenters. The van der Waals surface area contributed by atoms with Crippen LogP contribution in [0.5, 0.6) is 0 Å². The highest BCUT2D eigenvalue weighted by Gasteiger charge is 2.47. The van der Waals surface area contributed by atoms with Gasteiger partial charge in [-0.25, -0.2) is 0 Å². The van der Waals surface area contributed by atoms with Gasteiger partial charge in [0, 0.05) is 5.92 Å². The smallest absolute Gasteiger partial charge is 0.160 e. The van der Waals surface area contributed by atoms with Crippen molar-refractivity contribution in [2.45, 2.75) is 39.9 Å². The third-order valence-electron chi connectivity index (χ3n) is 3.95. The molecule has 0 aromatic heterocycles. The summed E-state index contributed by atoms with van der Waals surface area (Å²) in [6, 6.07) is 0. The first-order valence-corrected chi connectivity index (χ1v) is 5.38. The molecule has 2 aliphatic rings. The quantitative estimate of drug-likeness (QED) is 0.656. The number of rotatable bonds is 2. The Hall–Kier alpha value is -0.0800. The first-order chi connectivity index (χ1) is 6.15. The molecule has 0 spiro atoms. The van der Waals surface area contributed by atoms with Gasteiger partial charge in [-0.3, -0.25) is 0 Å². The van der Waals surface area contributed by atoms with E-state index in [0.29, 0.717) is 17.3 Å². The van der Waals surface area contributed by atoms with Crippen molar-refractivity contribution in [1.29, 1.82) is 0 Å². The largest absolute Gasteiger partial charge is 0.352 e. The molecule has 0 aliphatic carbocycles. The highest BCUT2D eigenvalue weighted by Crippen LogP contribution is 2.46. The van der Waals surface area contributed by atoms with E-state index < -0.39 is 0 Å². The van der Waals surface area contributed by atoms with Crippen LogP contribution in [0.2, 0.25) is 0 Å². The van der Waals surface area contributed by atoms with Crippen LogP contribution in [0.25, 0.3) is 0 Å². The van der Waals surface area contributed by atoms with E-state index in [4.69, 9.17) is 9.47 Å². The van der Waals surface area contributed by atoms with Gasteiger partial charge in [-0.2, -0.15) is 0 Å². The van der Waals surface area contributed by atoms with Gasteiger partial charge < -0.3 is 9.47 Å². The SMILES string of the molecule is CCC(C)(C)[C@@H]1CO[C@@H]2OCC[C@@H]21. The second-order valence-electron chi connectivity index (χ2n) is 4.97. The van der Waals surface area contributed by atoms with Crippen LogP contribution in [0.3, 0.4) is 0 Å². The molecular weight excluding hydrogens is 164 g/mol. The molecule has 0 saturated carbocycles. The molecule has 2 nitrogen and oxygen atoms in total. The summed E-state index contributed by atoms with van der Waals surface area (Å²) in [5, 5.41) is 0. The number of hydrogen-bond acceptors (Lipinski definition) is 2. The lowest BCUT2D eigenvalue weighted by atomic mass is 9.71.